The summed E-state index contributed by atoms with van der Waals surface area (Å²) >= 11 is 0. The fourth-order valence-corrected chi connectivity index (χ4v) is 6.35. The molecule has 0 spiro atoms. The lowest BCUT2D eigenvalue weighted by Crippen LogP contribution is -2.64. The maximum Gasteiger partial charge on any atom is 0.410 e. The van der Waals surface area contributed by atoms with Gasteiger partial charge in [0.1, 0.15) is 18.0 Å². The van der Waals surface area contributed by atoms with E-state index in [1.165, 1.54) is 17.7 Å². The van der Waals surface area contributed by atoms with E-state index in [2.05, 4.69) is 30.3 Å². The van der Waals surface area contributed by atoms with Gasteiger partial charge in [-0.25, -0.2) is 19.0 Å². The van der Waals surface area contributed by atoms with E-state index in [0.29, 0.717) is 11.8 Å². The number of anilines is 1. The van der Waals surface area contributed by atoms with Crippen LogP contribution in [0.5, 0.6) is 0 Å². The molecule has 0 radical (unpaired) electrons. The molecule has 1 aliphatic carbocycles. The molecule has 1 N–H and O–H groups in total. The van der Waals surface area contributed by atoms with Gasteiger partial charge in [-0.2, -0.15) is 9.61 Å². The largest absolute Gasteiger partial charge is 0.446 e. The number of hydrogen-bond donors (Lipinski definition) is 1. The van der Waals surface area contributed by atoms with Gasteiger partial charge in [-0.15, -0.1) is 0 Å². The second-order valence-electron chi connectivity index (χ2n) is 13.5. The Labute approximate surface area is 234 Å². The van der Waals surface area contributed by atoms with Crippen LogP contribution in [0.1, 0.15) is 96.2 Å². The Balaban J connectivity index is 1.06. The minimum atomic E-state index is -1.74. The SMILES string of the molecule is CC(C)c1cnn2c(NC3C[C@H]4CC[C@@H](C3)N4C(=O)OCC3(F)CN(C(=O)OC(C)(C)C)C3)cc(C3CC3)nc12. The highest BCUT2D eigenvalue weighted by atomic mass is 19.1. The van der Waals surface area contributed by atoms with Crippen LogP contribution in [-0.4, -0.2) is 85.7 Å². The number of rotatable bonds is 6. The number of piperidine rings is 1. The lowest BCUT2D eigenvalue weighted by atomic mass is 9.97. The van der Waals surface area contributed by atoms with Crippen molar-refractivity contribution in [1.29, 1.82) is 0 Å². The van der Waals surface area contributed by atoms with Gasteiger partial charge >= 0.3 is 12.2 Å². The molecule has 1 saturated carbocycles. The third-order valence-corrected chi connectivity index (χ3v) is 8.49. The van der Waals surface area contributed by atoms with Gasteiger partial charge < -0.3 is 24.6 Å². The lowest BCUT2D eigenvalue weighted by molar-refractivity contribution is -0.0798. The summed E-state index contributed by atoms with van der Waals surface area (Å²) in [7, 11) is 0. The number of halogens is 1. The number of aromatic nitrogens is 3. The molecule has 2 amide bonds. The van der Waals surface area contributed by atoms with Crippen molar-refractivity contribution in [3.05, 3.63) is 23.5 Å². The summed E-state index contributed by atoms with van der Waals surface area (Å²) in [6.45, 7) is 9.00. The molecular formula is C29H41FN6O4. The minimum absolute atomic E-state index is 0.0445. The molecule has 4 aliphatic rings. The Morgan fingerprint density at radius 3 is 2.40 bits per heavy atom. The highest BCUT2D eigenvalue weighted by molar-refractivity contribution is 5.71. The number of amides is 2. The van der Waals surface area contributed by atoms with Crippen LogP contribution in [0.2, 0.25) is 0 Å². The number of carbonyl (C=O) groups is 2. The lowest BCUT2D eigenvalue weighted by Gasteiger charge is -2.44. The van der Waals surface area contributed by atoms with Crippen LogP contribution in [0.15, 0.2) is 12.3 Å². The van der Waals surface area contributed by atoms with Gasteiger partial charge in [-0.05, 0) is 65.2 Å². The van der Waals surface area contributed by atoms with Crippen molar-refractivity contribution < 1.29 is 23.5 Å². The monoisotopic (exact) mass is 556 g/mol. The van der Waals surface area contributed by atoms with E-state index in [1.54, 1.807) is 20.8 Å². The van der Waals surface area contributed by atoms with Gasteiger partial charge in [0.05, 0.1) is 19.3 Å². The van der Waals surface area contributed by atoms with Crippen molar-refractivity contribution in [2.45, 2.75) is 114 Å². The molecule has 2 bridgehead atoms. The topological polar surface area (TPSA) is 101 Å². The summed E-state index contributed by atoms with van der Waals surface area (Å²) in [6, 6.07) is 2.42. The third kappa shape index (κ3) is 5.31. The number of fused-ring (bicyclic) bond motifs is 3. The number of likely N-dealkylation sites (tertiary alicyclic amines) is 1. The maximum absolute atomic E-state index is 15.1. The molecule has 5 heterocycles. The Bertz CT molecular complexity index is 1280. The number of ether oxygens (including phenoxy) is 2. The molecular weight excluding hydrogens is 515 g/mol. The fourth-order valence-electron chi connectivity index (χ4n) is 6.35. The highest BCUT2D eigenvalue weighted by Crippen LogP contribution is 2.42. The first kappa shape index (κ1) is 27.1. The zero-order chi connectivity index (χ0) is 28.4. The maximum atomic E-state index is 15.1. The molecule has 4 fully saturated rings. The van der Waals surface area contributed by atoms with E-state index in [4.69, 9.17) is 14.5 Å². The minimum Gasteiger partial charge on any atom is -0.446 e. The molecule has 10 nitrogen and oxygen atoms in total. The second kappa shape index (κ2) is 9.76. The average molecular weight is 557 g/mol. The van der Waals surface area contributed by atoms with Crippen LogP contribution in [-0.2, 0) is 9.47 Å². The predicted molar refractivity (Wildman–Crippen MR) is 147 cm³/mol. The number of hydrogen-bond acceptors (Lipinski definition) is 7. The van der Waals surface area contributed by atoms with Crippen LogP contribution >= 0.6 is 0 Å². The van der Waals surface area contributed by atoms with E-state index >= 15 is 4.39 Å². The first-order chi connectivity index (χ1) is 18.9. The quantitative estimate of drug-likeness (QED) is 0.520. The summed E-state index contributed by atoms with van der Waals surface area (Å²) in [5.41, 5.74) is 0.816. The van der Waals surface area contributed by atoms with Crippen molar-refractivity contribution in [2.24, 2.45) is 0 Å². The van der Waals surface area contributed by atoms with Crippen LogP contribution in [0.4, 0.5) is 19.8 Å². The van der Waals surface area contributed by atoms with Crippen molar-refractivity contribution in [3.8, 4) is 0 Å². The molecule has 2 aromatic rings. The summed E-state index contributed by atoms with van der Waals surface area (Å²) < 4.78 is 27.8. The average Bonchev–Trinajstić information content (AvgIpc) is 3.55. The molecule has 2 aromatic heterocycles. The van der Waals surface area contributed by atoms with E-state index in [0.717, 1.165) is 48.4 Å². The molecule has 6 rings (SSSR count). The molecule has 1 unspecified atom stereocenters. The van der Waals surface area contributed by atoms with Crippen molar-refractivity contribution in [1.82, 2.24) is 24.4 Å². The number of nitrogens with one attached hydrogen (secondary N) is 1. The molecule has 3 saturated heterocycles. The highest BCUT2D eigenvalue weighted by Gasteiger charge is 2.50. The van der Waals surface area contributed by atoms with Crippen molar-refractivity contribution >= 4 is 23.7 Å². The fraction of sp³-hybridized carbons (Fsp3) is 0.724. The van der Waals surface area contributed by atoms with E-state index in [1.807, 2.05) is 15.6 Å². The number of nitrogens with zero attached hydrogens (tertiary/aromatic N) is 5. The Hall–Kier alpha value is -3.11. The van der Waals surface area contributed by atoms with Crippen LogP contribution in [0.3, 0.4) is 0 Å². The smallest absolute Gasteiger partial charge is 0.410 e. The summed E-state index contributed by atoms with van der Waals surface area (Å²) in [6.07, 6.45) is 6.66. The normalized spacial score (nSPS) is 25.7. The van der Waals surface area contributed by atoms with Gasteiger partial charge in [-0.1, -0.05) is 13.8 Å². The van der Waals surface area contributed by atoms with Crippen LogP contribution < -0.4 is 5.32 Å². The summed E-state index contributed by atoms with van der Waals surface area (Å²) in [5, 5.41) is 8.39. The first-order valence-electron chi connectivity index (χ1n) is 14.7. The zero-order valence-corrected chi connectivity index (χ0v) is 24.2. The van der Waals surface area contributed by atoms with Crippen LogP contribution in [0.25, 0.3) is 5.65 Å². The Morgan fingerprint density at radius 2 is 1.80 bits per heavy atom. The molecule has 11 heteroatoms. The standard InChI is InChI=1S/C29H41FN6O4/c1-17(2)22-13-31-36-24(12-23(18-6-7-18)33-25(22)36)32-19-10-20-8-9-21(11-19)35(20)27(38)39-16-29(30)14-34(15-29)26(37)40-28(3,4)5/h12-13,17-21,32H,6-11,14-16H2,1-5H3/t19?,20-,21+. The number of alkyl halides is 1. The Morgan fingerprint density at radius 1 is 1.12 bits per heavy atom. The molecule has 40 heavy (non-hydrogen) atoms. The predicted octanol–water partition coefficient (Wildman–Crippen LogP) is 5.23. The second-order valence-corrected chi connectivity index (χ2v) is 13.5. The Kier molecular flexibility index (Phi) is 6.61. The van der Waals surface area contributed by atoms with Gasteiger partial charge in [-0.3, -0.25) is 0 Å². The summed E-state index contributed by atoms with van der Waals surface area (Å²) in [4.78, 5) is 33.3. The van der Waals surface area contributed by atoms with Gasteiger partial charge in [0.2, 0.25) is 0 Å². The number of carbonyl (C=O) groups excluding carboxylic acids is 2. The third-order valence-electron chi connectivity index (χ3n) is 8.49. The first-order valence-corrected chi connectivity index (χ1v) is 14.7. The van der Waals surface area contributed by atoms with E-state index in [9.17, 15) is 9.59 Å². The van der Waals surface area contributed by atoms with Gasteiger partial charge in [0.25, 0.3) is 0 Å². The molecule has 218 valence electrons. The van der Waals surface area contributed by atoms with Crippen molar-refractivity contribution in [2.75, 3.05) is 25.0 Å². The van der Waals surface area contributed by atoms with E-state index in [-0.39, 0.29) is 37.8 Å². The van der Waals surface area contributed by atoms with E-state index < -0.39 is 23.5 Å². The van der Waals surface area contributed by atoms with Crippen LogP contribution in [0, 0.1) is 0 Å². The van der Waals surface area contributed by atoms with Gasteiger partial charge in [0.15, 0.2) is 11.3 Å². The molecule has 3 aliphatic heterocycles. The molecule has 0 aromatic carbocycles. The summed E-state index contributed by atoms with van der Waals surface area (Å²) in [5.74, 6) is 1.82. The zero-order valence-electron chi connectivity index (χ0n) is 24.2. The van der Waals surface area contributed by atoms with Gasteiger partial charge in [0, 0.05) is 41.4 Å². The molecule has 3 atom stereocenters. The van der Waals surface area contributed by atoms with Crippen molar-refractivity contribution in [3.63, 3.8) is 0 Å².